The molecule has 4 heteroatoms. The smallest absolute Gasteiger partial charge is 0.422 e. The van der Waals surface area contributed by atoms with Crippen LogP contribution in [0.25, 0.3) is 10.8 Å². The molecule has 2 nitrogen and oxygen atoms in total. The Morgan fingerprint density at radius 1 is 1.10 bits per heavy atom. The van der Waals surface area contributed by atoms with Crippen molar-refractivity contribution in [3.63, 3.8) is 0 Å². The van der Waals surface area contributed by atoms with E-state index in [9.17, 15) is 0 Å². The summed E-state index contributed by atoms with van der Waals surface area (Å²) in [6, 6.07) is 11.2. The summed E-state index contributed by atoms with van der Waals surface area (Å²) in [7, 11) is 2.56. The second-order valence-electron chi connectivity index (χ2n) is 7.38. The summed E-state index contributed by atoms with van der Waals surface area (Å²) in [5.74, 6) is 0. The average Bonchev–Trinajstić information content (AvgIpc) is 2.65. The van der Waals surface area contributed by atoms with Gasteiger partial charge in [-0.1, -0.05) is 24.8 Å². The third kappa shape index (κ3) is 3.99. The molecular formula is C17H27LiN2Si. The van der Waals surface area contributed by atoms with Crippen LogP contribution in [0.5, 0.6) is 0 Å². The third-order valence-electron chi connectivity index (χ3n) is 3.62. The first-order valence-corrected chi connectivity index (χ1v) is 10.3. The van der Waals surface area contributed by atoms with Crippen LogP contribution in [0.4, 0.5) is 5.69 Å². The van der Waals surface area contributed by atoms with Crippen molar-refractivity contribution < 1.29 is 18.9 Å². The molecular weight excluding hydrogens is 267 g/mol. The van der Waals surface area contributed by atoms with Gasteiger partial charge in [-0.3, -0.25) is 0 Å². The zero-order valence-electron chi connectivity index (χ0n) is 14.8. The second-order valence-corrected chi connectivity index (χ2v) is 11.4. The molecule has 0 aliphatic rings. The van der Waals surface area contributed by atoms with E-state index in [0.717, 1.165) is 0 Å². The molecule has 2 aromatic carbocycles. The predicted octanol–water partition coefficient (Wildman–Crippen LogP) is 0.429. The summed E-state index contributed by atoms with van der Waals surface area (Å²) in [5.41, 5.74) is 1.47. The van der Waals surface area contributed by atoms with Crippen molar-refractivity contribution in [1.82, 2.24) is 4.98 Å². The van der Waals surface area contributed by atoms with E-state index in [-0.39, 0.29) is 24.4 Å². The summed E-state index contributed by atoms with van der Waals surface area (Å²) in [5, 5.41) is 4.28. The number of anilines is 1. The van der Waals surface area contributed by atoms with Crippen molar-refractivity contribution in [2.45, 2.75) is 39.4 Å². The topological polar surface area (TPSA) is 15.3 Å². The number of nitrogens with one attached hydrogen (secondary N) is 1. The van der Waals surface area contributed by atoms with Crippen LogP contribution >= 0.6 is 0 Å². The van der Waals surface area contributed by atoms with Crippen LogP contribution in [-0.2, 0) is 0 Å². The van der Waals surface area contributed by atoms with Gasteiger partial charge in [-0.05, 0) is 34.9 Å². The Morgan fingerprint density at radius 3 is 2.19 bits per heavy atom. The molecule has 0 saturated carbocycles. The molecule has 0 unspecified atom stereocenters. The van der Waals surface area contributed by atoms with Gasteiger partial charge < -0.3 is 9.88 Å². The minimum atomic E-state index is -1.68. The summed E-state index contributed by atoms with van der Waals surface area (Å²) in [4.78, 5) is 6.09. The largest absolute Gasteiger partial charge is 1.00 e. The summed E-state index contributed by atoms with van der Waals surface area (Å²) in [6.45, 7) is 11.6. The molecule has 21 heavy (non-hydrogen) atoms. The van der Waals surface area contributed by atoms with Gasteiger partial charge in [0.15, 0.2) is 0 Å². The van der Waals surface area contributed by atoms with E-state index in [0.29, 0.717) is 0 Å². The number of rotatable bonds is 3. The molecule has 0 heterocycles. The number of nitrogens with zero attached hydrogens (tertiary/aromatic N) is 1. The first-order valence-electron chi connectivity index (χ1n) is 7.27. The molecule has 0 spiro atoms. The van der Waals surface area contributed by atoms with Gasteiger partial charge in [-0.2, -0.15) is 0 Å². The molecule has 0 amide bonds. The van der Waals surface area contributed by atoms with Crippen molar-refractivity contribution in [3.8, 4) is 0 Å². The number of fused-ring (bicyclic) bond motifs is 1. The third-order valence-corrected chi connectivity index (χ3v) is 6.75. The number of benzene rings is 1. The molecule has 0 radical (unpaired) electrons. The van der Waals surface area contributed by atoms with Crippen LogP contribution in [0.15, 0.2) is 30.3 Å². The van der Waals surface area contributed by atoms with Crippen molar-refractivity contribution in [1.29, 1.82) is 0 Å². The maximum absolute atomic E-state index is 3.88. The molecule has 0 aliphatic heterocycles. The molecule has 0 bridgehead atoms. The molecule has 0 aliphatic carbocycles. The summed E-state index contributed by atoms with van der Waals surface area (Å²) < 4.78 is 0. The van der Waals surface area contributed by atoms with Gasteiger partial charge in [0.25, 0.3) is 0 Å². The fraction of sp³-hybridized carbons (Fsp3) is 0.471. The van der Waals surface area contributed by atoms with E-state index in [1.807, 2.05) is 0 Å². The van der Waals surface area contributed by atoms with Crippen LogP contribution in [0.1, 0.15) is 20.8 Å². The van der Waals surface area contributed by atoms with E-state index in [1.165, 1.54) is 21.6 Å². The minimum absolute atomic E-state index is 0. The van der Waals surface area contributed by atoms with E-state index in [2.05, 4.69) is 88.2 Å². The van der Waals surface area contributed by atoms with Crippen molar-refractivity contribution in [2.24, 2.45) is 0 Å². The van der Waals surface area contributed by atoms with Gasteiger partial charge >= 0.3 is 18.9 Å². The second kappa shape index (κ2) is 6.26. The first kappa shape index (κ1) is 18.5. The number of hydrogen-bond acceptors (Lipinski definition) is 2. The van der Waals surface area contributed by atoms with Crippen LogP contribution in [0, 0.1) is 0 Å². The van der Waals surface area contributed by atoms with Crippen molar-refractivity contribution >= 4 is 29.9 Å². The number of hydrogen-bond donors (Lipinski definition) is 1. The molecule has 0 aromatic heterocycles. The Balaban J connectivity index is 0.00000220. The Bertz CT molecular complexity index is 609. The SMILES string of the molecule is CN(C)c1c[c-]([Si](C)(C)NC(C)(C)C)c2ccccc12.[Li+]. The maximum atomic E-state index is 3.88. The molecule has 0 saturated heterocycles. The summed E-state index contributed by atoms with van der Waals surface area (Å²) in [6.07, 6.45) is 0. The van der Waals surface area contributed by atoms with Gasteiger partial charge in [-0.25, -0.2) is 0 Å². The average molecular weight is 294 g/mol. The Morgan fingerprint density at radius 2 is 1.67 bits per heavy atom. The zero-order valence-corrected chi connectivity index (χ0v) is 15.8. The van der Waals surface area contributed by atoms with Gasteiger partial charge in [0.1, 0.15) is 8.24 Å². The van der Waals surface area contributed by atoms with Crippen molar-refractivity contribution in [2.75, 3.05) is 19.0 Å². The minimum Gasteiger partial charge on any atom is -0.422 e. The van der Waals surface area contributed by atoms with Crippen LogP contribution in [-0.4, -0.2) is 27.9 Å². The quantitative estimate of drug-likeness (QED) is 0.652. The van der Waals surface area contributed by atoms with Gasteiger partial charge in [0.2, 0.25) is 0 Å². The van der Waals surface area contributed by atoms with E-state index < -0.39 is 8.24 Å². The van der Waals surface area contributed by atoms with Gasteiger partial charge in [-0.15, -0.1) is 40.2 Å². The van der Waals surface area contributed by atoms with Crippen molar-refractivity contribution in [3.05, 3.63) is 30.3 Å². The van der Waals surface area contributed by atoms with Gasteiger partial charge in [0, 0.05) is 5.54 Å². The Hall–Kier alpha value is -0.596. The van der Waals surface area contributed by atoms with Gasteiger partial charge in [0.05, 0.1) is 0 Å². The van der Waals surface area contributed by atoms with Crippen LogP contribution in [0.3, 0.4) is 0 Å². The molecule has 0 fully saturated rings. The van der Waals surface area contributed by atoms with Crippen LogP contribution < -0.4 is 33.9 Å². The molecule has 1 N–H and O–H groups in total. The predicted molar refractivity (Wildman–Crippen MR) is 93.9 cm³/mol. The van der Waals surface area contributed by atoms with Crippen LogP contribution in [0.2, 0.25) is 13.1 Å². The molecule has 2 aromatic rings. The van der Waals surface area contributed by atoms with E-state index in [4.69, 9.17) is 0 Å². The fourth-order valence-corrected chi connectivity index (χ4v) is 6.52. The molecule has 0 atom stereocenters. The molecule has 110 valence electrons. The normalized spacial score (nSPS) is 12.3. The fourth-order valence-electron chi connectivity index (χ4n) is 3.13. The zero-order chi connectivity index (χ0) is 15.1. The Kier molecular flexibility index (Phi) is 5.50. The van der Waals surface area contributed by atoms with E-state index in [1.54, 1.807) is 0 Å². The Labute approximate surface area is 142 Å². The molecule has 2 rings (SSSR count). The summed E-state index contributed by atoms with van der Waals surface area (Å²) >= 11 is 0. The van der Waals surface area contributed by atoms with E-state index >= 15 is 0 Å². The standard InChI is InChI=1S/C17H27N2Si.Li/c1-17(2,3)18-20(6,7)16-12-15(19(4)5)13-10-8-9-11-14(13)16;/h8-12,18H,1-7H3;/q-1;+1. The first-order chi connectivity index (χ1) is 9.12. The monoisotopic (exact) mass is 294 g/mol. The maximum Gasteiger partial charge on any atom is 1.00 e.